The van der Waals surface area contributed by atoms with Crippen molar-refractivity contribution in [3.63, 3.8) is 0 Å². The maximum Gasteiger partial charge on any atom is 0.264 e. The van der Waals surface area contributed by atoms with E-state index in [1.165, 1.54) is 37.7 Å². The van der Waals surface area contributed by atoms with Crippen molar-refractivity contribution in [1.29, 1.82) is 0 Å². The van der Waals surface area contributed by atoms with E-state index in [0.717, 1.165) is 31.5 Å². The molecule has 0 saturated heterocycles. The van der Waals surface area contributed by atoms with Crippen molar-refractivity contribution in [3.05, 3.63) is 63.6 Å². The van der Waals surface area contributed by atoms with Crippen LogP contribution in [0.15, 0.2) is 52.9 Å². The Labute approximate surface area is 246 Å². The molecule has 3 aromatic rings. The van der Waals surface area contributed by atoms with Crippen LogP contribution >= 0.6 is 34.7 Å². The Hall–Kier alpha value is -1.58. The molecule has 0 amide bonds. The topological polar surface area (TPSA) is 61.5 Å². The molecule has 5 rings (SSSR count). The number of hydrogen-bond acceptors (Lipinski definition) is 5. The van der Waals surface area contributed by atoms with Gasteiger partial charge in [0.2, 0.25) is 10.5 Å². The maximum atomic E-state index is 11.4. The molecule has 0 bridgehead atoms. The zero-order valence-corrected chi connectivity index (χ0v) is 26.3. The number of anilines is 1. The first-order valence-corrected chi connectivity index (χ1v) is 17.4. The highest BCUT2D eigenvalue weighted by molar-refractivity contribution is 8.00. The highest BCUT2D eigenvalue weighted by atomic mass is 35.5. The molecule has 0 fully saturated rings. The summed E-state index contributed by atoms with van der Waals surface area (Å²) in [7, 11) is -3.99. The molecule has 2 unspecified atom stereocenters. The van der Waals surface area contributed by atoms with E-state index in [9.17, 15) is 13.0 Å². The summed E-state index contributed by atoms with van der Waals surface area (Å²) in [6, 6.07) is 12.7. The van der Waals surface area contributed by atoms with Crippen LogP contribution in [0.1, 0.15) is 57.0 Å². The van der Waals surface area contributed by atoms with Crippen LogP contribution in [0.4, 0.5) is 5.69 Å². The second kappa shape index (κ2) is 11.4. The van der Waals surface area contributed by atoms with Gasteiger partial charge in [-0.15, -0.1) is 0 Å². The van der Waals surface area contributed by atoms with Gasteiger partial charge in [-0.3, -0.25) is 4.55 Å². The molecule has 1 N–H and O–H groups in total. The second-order valence-corrected chi connectivity index (χ2v) is 16.1. The third-order valence-electron chi connectivity index (χ3n) is 7.76. The van der Waals surface area contributed by atoms with Crippen molar-refractivity contribution in [1.82, 2.24) is 0 Å². The van der Waals surface area contributed by atoms with Crippen molar-refractivity contribution >= 4 is 60.7 Å². The fraction of sp³-hybridized carbons (Fsp3) is 0.500. The Bertz CT molecular complexity index is 1510. The highest BCUT2D eigenvalue weighted by Crippen LogP contribution is 2.49. The third kappa shape index (κ3) is 6.84. The van der Waals surface area contributed by atoms with E-state index in [4.69, 9.17) is 11.6 Å². The lowest BCUT2D eigenvalue weighted by Crippen LogP contribution is -2.37. The molecule has 0 saturated carbocycles. The fourth-order valence-electron chi connectivity index (χ4n) is 6.32. The summed E-state index contributed by atoms with van der Waals surface area (Å²) < 4.78 is 35.9. The standard InChI is InChI=1S/C30H37ClN2O3S3/c1-5-32-24-13-20(2)7-9-26(24)37-28(32)15-21-14-22(19-30(3,4)18-21)16-29-33(11-6-12-39(34,35)36)25-17-23(31)8-10-27(25)38-29/h7-10,13-14,17,21,29H,5-6,11-12,15-16,18-19H2,1-4H3/p+1. The van der Waals surface area contributed by atoms with Crippen LogP contribution in [0, 0.1) is 18.3 Å². The molecule has 1 aliphatic carbocycles. The average Bonchev–Trinajstić information content (AvgIpc) is 3.33. The maximum absolute atomic E-state index is 11.4. The summed E-state index contributed by atoms with van der Waals surface area (Å²) in [6.07, 6.45) is 7.10. The molecule has 2 atom stereocenters. The molecule has 2 heterocycles. The molecular weight excluding hydrogens is 568 g/mol. The Morgan fingerprint density at radius 2 is 1.97 bits per heavy atom. The number of thiazole rings is 1. The van der Waals surface area contributed by atoms with Gasteiger partial charge in [-0.25, -0.2) is 0 Å². The average molecular weight is 606 g/mol. The molecule has 2 aromatic carbocycles. The molecular formula is C30H38ClN2O3S3+. The van der Waals surface area contributed by atoms with E-state index in [1.54, 1.807) is 0 Å². The van der Waals surface area contributed by atoms with Crippen molar-refractivity contribution in [2.45, 2.75) is 76.6 Å². The van der Waals surface area contributed by atoms with Gasteiger partial charge in [-0.2, -0.15) is 13.0 Å². The second-order valence-electron chi connectivity index (χ2n) is 11.8. The number of thioether (sulfide) groups is 1. The Morgan fingerprint density at radius 1 is 1.18 bits per heavy atom. The van der Waals surface area contributed by atoms with Crippen LogP contribution in [-0.4, -0.2) is 30.6 Å². The van der Waals surface area contributed by atoms with Gasteiger partial charge in [0.05, 0.1) is 16.8 Å². The normalized spacial score (nSPS) is 20.9. The lowest BCUT2D eigenvalue weighted by Gasteiger charge is -2.36. The molecule has 0 radical (unpaired) electrons. The number of rotatable bonds is 9. The predicted molar refractivity (Wildman–Crippen MR) is 165 cm³/mol. The summed E-state index contributed by atoms with van der Waals surface area (Å²) in [5.74, 6) is 0.243. The van der Waals surface area contributed by atoms with Crippen LogP contribution in [0.2, 0.25) is 5.02 Å². The first kappa shape index (κ1) is 28.9. The molecule has 39 heavy (non-hydrogen) atoms. The van der Waals surface area contributed by atoms with E-state index in [1.807, 2.05) is 35.2 Å². The molecule has 2 aliphatic rings. The number of aryl methyl sites for hydroxylation is 2. The SMILES string of the molecule is CC[n+]1c(CC2C=C(CC3Sc4ccc(Cl)cc4N3CCCS(=O)(=O)O)CC(C)(C)C2)sc2ccc(C)cc21. The van der Waals surface area contributed by atoms with Crippen LogP contribution in [0.3, 0.4) is 0 Å². The molecule has 5 nitrogen and oxygen atoms in total. The summed E-state index contributed by atoms with van der Waals surface area (Å²) in [5.41, 5.74) is 5.40. The quantitative estimate of drug-likeness (QED) is 0.154. The zero-order chi connectivity index (χ0) is 27.9. The first-order chi connectivity index (χ1) is 18.4. The summed E-state index contributed by atoms with van der Waals surface area (Å²) in [5, 5.41) is 2.30. The number of fused-ring (bicyclic) bond motifs is 2. The van der Waals surface area contributed by atoms with Gasteiger partial charge < -0.3 is 4.90 Å². The fourth-order valence-corrected chi connectivity index (χ4v) is 9.66. The Balaban J connectivity index is 1.39. The molecule has 210 valence electrons. The number of aromatic nitrogens is 1. The minimum atomic E-state index is -3.99. The van der Waals surface area contributed by atoms with E-state index < -0.39 is 10.1 Å². The number of halogens is 1. The summed E-state index contributed by atoms with van der Waals surface area (Å²) in [6.45, 7) is 10.7. The van der Waals surface area contributed by atoms with Crippen LogP contribution in [-0.2, 0) is 23.1 Å². The monoisotopic (exact) mass is 605 g/mol. The van der Waals surface area contributed by atoms with Crippen LogP contribution in [0.25, 0.3) is 10.2 Å². The summed E-state index contributed by atoms with van der Waals surface area (Å²) in [4.78, 5) is 3.46. The predicted octanol–water partition coefficient (Wildman–Crippen LogP) is 7.68. The van der Waals surface area contributed by atoms with Gasteiger partial charge in [0.25, 0.3) is 10.1 Å². The van der Waals surface area contributed by atoms with Gasteiger partial charge in [0.1, 0.15) is 11.2 Å². The number of allylic oxidation sites excluding steroid dienone is 1. The van der Waals surface area contributed by atoms with E-state index >= 15 is 0 Å². The van der Waals surface area contributed by atoms with Gasteiger partial charge in [0.15, 0.2) is 0 Å². The molecule has 0 spiro atoms. The van der Waals surface area contributed by atoms with Gasteiger partial charge in [-0.1, -0.05) is 66.3 Å². The molecule has 1 aliphatic heterocycles. The number of hydrogen-bond donors (Lipinski definition) is 1. The van der Waals surface area contributed by atoms with E-state index in [-0.39, 0.29) is 16.5 Å². The van der Waals surface area contributed by atoms with Gasteiger partial charge in [0, 0.05) is 29.0 Å². The minimum absolute atomic E-state index is 0.175. The van der Waals surface area contributed by atoms with Gasteiger partial charge >= 0.3 is 0 Å². The van der Waals surface area contributed by atoms with Crippen molar-refractivity contribution < 1.29 is 17.5 Å². The lowest BCUT2D eigenvalue weighted by molar-refractivity contribution is -0.671. The van der Waals surface area contributed by atoms with E-state index in [0.29, 0.717) is 23.9 Å². The largest absolute Gasteiger partial charge is 0.358 e. The molecule has 9 heteroatoms. The minimum Gasteiger partial charge on any atom is -0.358 e. The first-order valence-electron chi connectivity index (χ1n) is 13.7. The molecule has 1 aromatic heterocycles. The number of benzene rings is 2. The lowest BCUT2D eigenvalue weighted by atomic mass is 9.71. The van der Waals surface area contributed by atoms with Gasteiger partial charge in [-0.05, 0) is 80.7 Å². The zero-order valence-electron chi connectivity index (χ0n) is 23.1. The number of nitrogens with zero attached hydrogens (tertiary/aromatic N) is 2. The van der Waals surface area contributed by atoms with E-state index in [2.05, 4.69) is 67.5 Å². The van der Waals surface area contributed by atoms with Crippen LogP contribution in [0.5, 0.6) is 0 Å². The summed E-state index contributed by atoms with van der Waals surface area (Å²) >= 11 is 10.1. The van der Waals surface area contributed by atoms with Crippen LogP contribution < -0.4 is 9.47 Å². The Kier molecular flexibility index (Phi) is 8.43. The third-order valence-corrected chi connectivity index (χ3v) is 11.3. The smallest absolute Gasteiger partial charge is 0.264 e. The Morgan fingerprint density at radius 3 is 2.72 bits per heavy atom. The van der Waals surface area contributed by atoms with Crippen molar-refractivity contribution in [2.24, 2.45) is 11.3 Å². The highest BCUT2D eigenvalue weighted by Gasteiger charge is 2.35. The van der Waals surface area contributed by atoms with Crippen molar-refractivity contribution in [3.8, 4) is 0 Å². The van der Waals surface area contributed by atoms with Crippen molar-refractivity contribution in [2.75, 3.05) is 17.2 Å².